The molecule has 5 nitrogen and oxygen atoms in total. The molecule has 0 radical (unpaired) electrons. The molecule has 172 valence electrons. The molecule has 2 heterocycles. The molecule has 0 aliphatic rings. The van der Waals surface area contributed by atoms with Gasteiger partial charge in [-0.2, -0.15) is 10.2 Å². The van der Waals surface area contributed by atoms with Crippen LogP contribution in [0, 0.1) is 0 Å². The summed E-state index contributed by atoms with van der Waals surface area (Å²) in [5, 5.41) is 15.5. The van der Waals surface area contributed by atoms with Crippen molar-refractivity contribution in [2.75, 3.05) is 7.11 Å². The average molecular weight is 451 g/mol. The number of methoxy groups -OCH3 is 1. The Morgan fingerprint density at radius 1 is 0.676 bits per heavy atom. The van der Waals surface area contributed by atoms with Crippen LogP contribution in [-0.2, 0) is 6.42 Å². The van der Waals surface area contributed by atoms with Crippen LogP contribution >= 0.6 is 0 Å². The number of aromatic amines is 2. The second kappa shape index (κ2) is 10.7. The van der Waals surface area contributed by atoms with Crippen LogP contribution in [0.5, 0.6) is 5.75 Å². The topological polar surface area (TPSA) is 66.6 Å². The van der Waals surface area contributed by atoms with E-state index in [0.29, 0.717) is 0 Å². The van der Waals surface area contributed by atoms with Gasteiger partial charge in [-0.25, -0.2) is 0 Å². The van der Waals surface area contributed by atoms with Gasteiger partial charge >= 0.3 is 0 Å². The van der Waals surface area contributed by atoms with Gasteiger partial charge in [0.2, 0.25) is 0 Å². The van der Waals surface area contributed by atoms with Gasteiger partial charge in [0.15, 0.2) is 0 Å². The molecule has 0 amide bonds. The fourth-order valence-corrected chi connectivity index (χ4v) is 3.98. The number of ether oxygens (including phenoxy) is 1. The lowest BCUT2D eigenvalue weighted by molar-refractivity contribution is 0.416. The molecule has 5 rings (SSSR count). The first-order valence-electron chi connectivity index (χ1n) is 11.7. The van der Waals surface area contributed by atoms with E-state index in [1.54, 1.807) is 7.11 Å². The molecular weight excluding hydrogens is 420 g/mol. The summed E-state index contributed by atoms with van der Waals surface area (Å²) in [5.41, 5.74) is 9.13. The highest BCUT2D eigenvalue weighted by atomic mass is 16.5. The molecule has 0 bridgehead atoms. The Labute approximate surface area is 200 Å². The molecule has 2 N–H and O–H groups in total. The predicted octanol–water partition coefficient (Wildman–Crippen LogP) is 7.40. The molecule has 0 aliphatic carbocycles. The first kappa shape index (κ1) is 23.1. The van der Waals surface area contributed by atoms with E-state index in [1.807, 2.05) is 50.2 Å². The third kappa shape index (κ3) is 4.64. The Morgan fingerprint density at radius 3 is 1.65 bits per heavy atom. The number of H-pyrrole nitrogens is 2. The summed E-state index contributed by atoms with van der Waals surface area (Å²) in [4.78, 5) is 0. The van der Waals surface area contributed by atoms with Crippen LogP contribution < -0.4 is 4.74 Å². The van der Waals surface area contributed by atoms with Crippen LogP contribution in [0.2, 0.25) is 0 Å². The standard InChI is InChI=1S/C27H24N4O.C2H6/c1-3-18-14-27(32-2)22(26-17-24(29-31-26)20-12-8-5-9-13-20)15-21(18)25-16-23(28-30-25)19-10-6-4-7-11-19;1-2/h4-17H,3H2,1-2H3,(H,28,30)(H,29,31);1-2H3. The zero-order valence-electron chi connectivity index (χ0n) is 20.1. The van der Waals surface area contributed by atoms with Crippen LogP contribution in [0.3, 0.4) is 0 Å². The van der Waals surface area contributed by atoms with Gasteiger partial charge in [-0.15, -0.1) is 0 Å². The summed E-state index contributed by atoms with van der Waals surface area (Å²) < 4.78 is 5.75. The van der Waals surface area contributed by atoms with E-state index < -0.39 is 0 Å². The van der Waals surface area contributed by atoms with Crippen LogP contribution in [0.15, 0.2) is 84.9 Å². The monoisotopic (exact) mass is 450 g/mol. The van der Waals surface area contributed by atoms with Crippen molar-refractivity contribution in [3.8, 4) is 50.8 Å². The number of aromatic nitrogens is 4. The van der Waals surface area contributed by atoms with Crippen molar-refractivity contribution in [3.05, 3.63) is 90.5 Å². The molecule has 0 spiro atoms. The highest BCUT2D eigenvalue weighted by Gasteiger charge is 2.17. The van der Waals surface area contributed by atoms with Crippen LogP contribution in [0.1, 0.15) is 26.3 Å². The Kier molecular flexibility index (Phi) is 7.23. The highest BCUT2D eigenvalue weighted by Crippen LogP contribution is 2.38. The molecule has 0 unspecified atom stereocenters. The number of aryl methyl sites for hydroxylation is 1. The van der Waals surface area contributed by atoms with E-state index >= 15 is 0 Å². The maximum absolute atomic E-state index is 5.75. The molecular formula is C29H30N4O. The van der Waals surface area contributed by atoms with Gasteiger partial charge in [0.25, 0.3) is 0 Å². The van der Waals surface area contributed by atoms with E-state index in [-0.39, 0.29) is 0 Å². The minimum Gasteiger partial charge on any atom is -0.496 e. The first-order chi connectivity index (χ1) is 16.8. The van der Waals surface area contributed by atoms with Gasteiger partial charge in [0.1, 0.15) is 5.75 Å². The maximum atomic E-state index is 5.75. The first-order valence-corrected chi connectivity index (χ1v) is 11.7. The van der Waals surface area contributed by atoms with E-state index in [2.05, 4.69) is 75.8 Å². The van der Waals surface area contributed by atoms with Crippen LogP contribution in [-0.4, -0.2) is 27.5 Å². The van der Waals surface area contributed by atoms with Gasteiger partial charge in [-0.05, 0) is 36.2 Å². The lowest BCUT2D eigenvalue weighted by atomic mass is 9.96. The number of nitrogens with zero attached hydrogens (tertiary/aromatic N) is 2. The minimum atomic E-state index is 0.816. The van der Waals surface area contributed by atoms with Gasteiger partial charge in [-0.3, -0.25) is 10.2 Å². The van der Waals surface area contributed by atoms with Crippen molar-refractivity contribution in [3.63, 3.8) is 0 Å². The number of nitrogens with one attached hydrogen (secondary N) is 2. The lowest BCUT2D eigenvalue weighted by Crippen LogP contribution is -1.95. The maximum Gasteiger partial charge on any atom is 0.128 e. The summed E-state index contributed by atoms with van der Waals surface area (Å²) in [6, 6.07) is 28.8. The quantitative estimate of drug-likeness (QED) is 0.283. The van der Waals surface area contributed by atoms with E-state index in [4.69, 9.17) is 4.74 Å². The Hall–Kier alpha value is -4.12. The molecule has 0 fully saturated rings. The summed E-state index contributed by atoms with van der Waals surface area (Å²) >= 11 is 0. The second-order valence-corrected chi connectivity index (χ2v) is 7.63. The van der Waals surface area contributed by atoms with E-state index in [1.165, 1.54) is 5.56 Å². The Balaban J connectivity index is 0.00000133. The van der Waals surface area contributed by atoms with Crippen LogP contribution in [0.25, 0.3) is 45.0 Å². The number of hydrogen-bond acceptors (Lipinski definition) is 3. The van der Waals surface area contributed by atoms with Gasteiger partial charge in [-0.1, -0.05) is 81.4 Å². The number of hydrogen-bond donors (Lipinski definition) is 2. The number of rotatable bonds is 6. The van der Waals surface area contributed by atoms with Gasteiger partial charge < -0.3 is 4.74 Å². The average Bonchev–Trinajstić information content (AvgIpc) is 3.61. The lowest BCUT2D eigenvalue weighted by Gasteiger charge is -2.13. The van der Waals surface area contributed by atoms with Crippen molar-refractivity contribution in [1.82, 2.24) is 20.4 Å². The fourth-order valence-electron chi connectivity index (χ4n) is 3.98. The molecule has 3 aromatic carbocycles. The Bertz CT molecular complexity index is 1240. The minimum absolute atomic E-state index is 0.816. The third-order valence-corrected chi connectivity index (χ3v) is 5.68. The van der Waals surface area contributed by atoms with E-state index in [0.717, 1.165) is 57.2 Å². The van der Waals surface area contributed by atoms with E-state index in [9.17, 15) is 0 Å². The van der Waals surface area contributed by atoms with Crippen molar-refractivity contribution in [1.29, 1.82) is 0 Å². The van der Waals surface area contributed by atoms with Crippen LogP contribution in [0.4, 0.5) is 0 Å². The fraction of sp³-hybridized carbons (Fsp3) is 0.172. The van der Waals surface area contributed by atoms with Crippen molar-refractivity contribution in [2.45, 2.75) is 27.2 Å². The zero-order chi connectivity index (χ0) is 23.9. The summed E-state index contributed by atoms with van der Waals surface area (Å²) in [6.07, 6.45) is 0.879. The van der Waals surface area contributed by atoms with Gasteiger partial charge in [0.05, 0.1) is 29.9 Å². The smallest absolute Gasteiger partial charge is 0.128 e. The molecule has 0 aliphatic heterocycles. The molecule has 0 saturated heterocycles. The SMILES string of the molecule is CC.CCc1cc(OC)c(-c2cc(-c3ccccc3)n[nH]2)cc1-c1cc(-c2ccccc2)n[nH]1. The summed E-state index contributed by atoms with van der Waals surface area (Å²) in [6.45, 7) is 6.15. The zero-order valence-corrected chi connectivity index (χ0v) is 20.1. The third-order valence-electron chi connectivity index (χ3n) is 5.68. The summed E-state index contributed by atoms with van der Waals surface area (Å²) in [7, 11) is 1.70. The van der Waals surface area contributed by atoms with Crippen molar-refractivity contribution < 1.29 is 4.74 Å². The highest BCUT2D eigenvalue weighted by molar-refractivity contribution is 5.80. The molecule has 5 heteroatoms. The van der Waals surface area contributed by atoms with Gasteiger partial charge in [0, 0.05) is 22.3 Å². The predicted molar refractivity (Wildman–Crippen MR) is 140 cm³/mol. The second-order valence-electron chi connectivity index (χ2n) is 7.63. The largest absolute Gasteiger partial charge is 0.496 e. The molecule has 0 atom stereocenters. The Morgan fingerprint density at radius 2 is 1.18 bits per heavy atom. The normalized spacial score (nSPS) is 10.5. The van der Waals surface area contributed by atoms with Crippen molar-refractivity contribution in [2.24, 2.45) is 0 Å². The number of benzene rings is 3. The molecule has 34 heavy (non-hydrogen) atoms. The summed E-state index contributed by atoms with van der Waals surface area (Å²) in [5.74, 6) is 0.816. The molecule has 5 aromatic rings. The molecule has 2 aromatic heterocycles. The van der Waals surface area contributed by atoms with Crippen molar-refractivity contribution >= 4 is 0 Å². The molecule has 0 saturated carbocycles.